The summed E-state index contributed by atoms with van der Waals surface area (Å²) in [6.07, 6.45) is -1.21. The molecule has 0 aliphatic carbocycles. The van der Waals surface area contributed by atoms with E-state index >= 15 is 0 Å². The predicted molar refractivity (Wildman–Crippen MR) is 98.4 cm³/mol. The van der Waals surface area contributed by atoms with Crippen LogP contribution in [0.4, 0.5) is 0 Å². The number of aliphatic hydroxyl groups is 1. The highest BCUT2D eigenvalue weighted by atomic mass is 16.4. The van der Waals surface area contributed by atoms with Gasteiger partial charge in [-0.2, -0.15) is 0 Å². The van der Waals surface area contributed by atoms with Gasteiger partial charge in [-0.15, -0.1) is 0 Å². The van der Waals surface area contributed by atoms with E-state index in [9.17, 15) is 29.1 Å². The first-order chi connectivity index (χ1) is 13.5. The van der Waals surface area contributed by atoms with Gasteiger partial charge in [0.1, 0.15) is 12.1 Å². The molecule has 29 heavy (non-hydrogen) atoms. The van der Waals surface area contributed by atoms with Crippen molar-refractivity contribution < 1.29 is 39.3 Å². The molecule has 5 atom stereocenters. The number of rotatable bonds is 10. The van der Waals surface area contributed by atoms with Crippen LogP contribution in [0.3, 0.4) is 0 Å². The van der Waals surface area contributed by atoms with Crippen LogP contribution in [0.5, 0.6) is 0 Å². The molecule has 12 nitrogen and oxygen atoms in total. The van der Waals surface area contributed by atoms with Crippen LogP contribution in [-0.2, 0) is 24.0 Å². The Hall–Kier alpha value is -2.73. The van der Waals surface area contributed by atoms with E-state index in [1.54, 1.807) is 0 Å². The van der Waals surface area contributed by atoms with Crippen molar-refractivity contribution in [2.45, 2.75) is 69.8 Å². The van der Waals surface area contributed by atoms with E-state index in [4.69, 9.17) is 15.9 Å². The molecule has 7 N–H and O–H groups in total. The van der Waals surface area contributed by atoms with Gasteiger partial charge in [0.2, 0.25) is 17.7 Å². The van der Waals surface area contributed by atoms with Crippen LogP contribution in [0.1, 0.15) is 39.5 Å². The number of nitrogens with two attached hydrogens (primary N) is 1. The first-order valence-corrected chi connectivity index (χ1v) is 9.25. The van der Waals surface area contributed by atoms with Gasteiger partial charge in [-0.3, -0.25) is 19.2 Å². The van der Waals surface area contributed by atoms with E-state index in [-0.39, 0.29) is 25.8 Å². The number of carboxylic acid groups (broad SMARTS) is 2. The highest BCUT2D eigenvalue weighted by molar-refractivity contribution is 5.94. The quantitative estimate of drug-likeness (QED) is 0.225. The number of likely N-dealkylation sites (tertiary alicyclic amines) is 1. The fourth-order valence-electron chi connectivity index (χ4n) is 2.97. The van der Waals surface area contributed by atoms with Gasteiger partial charge in [0.15, 0.2) is 6.04 Å². The number of aliphatic carboxylic acids is 2. The predicted octanol–water partition coefficient (Wildman–Crippen LogP) is -2.38. The number of nitrogens with one attached hydrogen (secondary N) is 2. The minimum atomic E-state index is -1.54. The van der Waals surface area contributed by atoms with E-state index in [2.05, 4.69) is 10.6 Å². The van der Waals surface area contributed by atoms with Crippen LogP contribution >= 0.6 is 0 Å². The van der Waals surface area contributed by atoms with E-state index in [0.717, 1.165) is 0 Å². The summed E-state index contributed by atoms with van der Waals surface area (Å²) in [6.45, 7) is 2.80. The Balaban J connectivity index is 2.95. The number of carboxylic acids is 2. The summed E-state index contributed by atoms with van der Waals surface area (Å²) in [5, 5.41) is 32.1. The normalized spacial score (nSPS) is 20.3. The van der Waals surface area contributed by atoms with Gasteiger partial charge in [0.05, 0.1) is 12.1 Å². The van der Waals surface area contributed by atoms with Crippen LogP contribution in [-0.4, -0.2) is 86.7 Å². The van der Waals surface area contributed by atoms with Crippen molar-refractivity contribution in [3.63, 3.8) is 0 Å². The van der Waals surface area contributed by atoms with Crippen molar-refractivity contribution in [3.05, 3.63) is 0 Å². The molecule has 1 aliphatic rings. The lowest BCUT2D eigenvalue weighted by Gasteiger charge is -2.30. The molecule has 0 spiro atoms. The van der Waals surface area contributed by atoms with Crippen molar-refractivity contribution in [1.82, 2.24) is 15.5 Å². The van der Waals surface area contributed by atoms with Crippen molar-refractivity contribution in [2.75, 3.05) is 6.54 Å². The average Bonchev–Trinajstić information content (AvgIpc) is 3.11. The molecule has 0 aromatic rings. The van der Waals surface area contributed by atoms with Crippen LogP contribution in [0.15, 0.2) is 0 Å². The van der Waals surface area contributed by atoms with E-state index in [1.807, 2.05) is 0 Å². The molecule has 0 bridgehead atoms. The lowest BCUT2D eigenvalue weighted by Crippen LogP contribution is -2.57. The molecule has 0 aromatic carbocycles. The highest BCUT2D eigenvalue weighted by Crippen LogP contribution is 2.20. The summed E-state index contributed by atoms with van der Waals surface area (Å²) < 4.78 is 0. The number of amides is 3. The van der Waals surface area contributed by atoms with Gasteiger partial charge in [-0.05, 0) is 33.1 Å². The molecule has 3 amide bonds. The van der Waals surface area contributed by atoms with Gasteiger partial charge in [-0.1, -0.05) is 0 Å². The van der Waals surface area contributed by atoms with E-state index in [0.29, 0.717) is 6.42 Å². The number of carbonyl (C=O) groups is 5. The zero-order valence-corrected chi connectivity index (χ0v) is 16.3. The van der Waals surface area contributed by atoms with Gasteiger partial charge in [0, 0.05) is 13.0 Å². The summed E-state index contributed by atoms with van der Waals surface area (Å²) in [6, 6.07) is -4.65. The maximum Gasteiger partial charge on any atom is 0.328 e. The molecule has 0 radical (unpaired) electrons. The second kappa shape index (κ2) is 10.7. The van der Waals surface area contributed by atoms with Crippen molar-refractivity contribution in [1.29, 1.82) is 0 Å². The molecule has 0 aromatic heterocycles. The number of nitrogens with zero attached hydrogens (tertiary/aromatic N) is 1. The Morgan fingerprint density at radius 3 is 2.24 bits per heavy atom. The van der Waals surface area contributed by atoms with Gasteiger partial charge in [0.25, 0.3) is 0 Å². The third-order valence-electron chi connectivity index (χ3n) is 4.56. The first-order valence-electron chi connectivity index (χ1n) is 9.25. The third kappa shape index (κ3) is 6.98. The van der Waals surface area contributed by atoms with E-state index in [1.165, 1.54) is 18.7 Å². The smallest absolute Gasteiger partial charge is 0.328 e. The molecule has 1 heterocycles. The molecule has 1 fully saturated rings. The van der Waals surface area contributed by atoms with Crippen molar-refractivity contribution >= 4 is 29.7 Å². The third-order valence-corrected chi connectivity index (χ3v) is 4.56. The summed E-state index contributed by atoms with van der Waals surface area (Å²) in [7, 11) is 0. The Kier molecular flexibility index (Phi) is 8.98. The molecule has 1 aliphatic heterocycles. The second-order valence-corrected chi connectivity index (χ2v) is 7.04. The largest absolute Gasteiger partial charge is 0.481 e. The minimum Gasteiger partial charge on any atom is -0.481 e. The Morgan fingerprint density at radius 2 is 1.76 bits per heavy atom. The van der Waals surface area contributed by atoms with Gasteiger partial charge in [-0.25, -0.2) is 4.79 Å². The number of aliphatic hydroxyl groups excluding tert-OH is 1. The Labute approximate surface area is 167 Å². The Bertz CT molecular complexity index is 651. The summed E-state index contributed by atoms with van der Waals surface area (Å²) in [5.41, 5.74) is 5.48. The Morgan fingerprint density at radius 1 is 1.14 bits per heavy atom. The minimum absolute atomic E-state index is 0.182. The molecule has 5 unspecified atom stereocenters. The molecular formula is C17H28N4O8. The van der Waals surface area contributed by atoms with Gasteiger partial charge < -0.3 is 36.6 Å². The molecule has 164 valence electrons. The standard InChI is InChI=1S/C17H28N4O8/c1-8(18)14(25)19-10(5-6-12(23)24)16(27)21-7-3-4-11(21)15(26)20-13(9(2)22)17(28)29/h8-11,13,22H,3-7,18H2,1-2H3,(H,19,25)(H,20,26)(H,23,24)(H,28,29). The number of carbonyl (C=O) groups excluding carboxylic acids is 3. The van der Waals surface area contributed by atoms with Crippen molar-refractivity contribution in [3.8, 4) is 0 Å². The maximum absolute atomic E-state index is 12.9. The lowest BCUT2D eigenvalue weighted by molar-refractivity contribution is -0.147. The van der Waals surface area contributed by atoms with Crippen LogP contribution < -0.4 is 16.4 Å². The lowest BCUT2D eigenvalue weighted by atomic mass is 10.1. The molecule has 12 heteroatoms. The fraction of sp³-hybridized carbons (Fsp3) is 0.706. The maximum atomic E-state index is 12.9. The topological polar surface area (TPSA) is 199 Å². The first kappa shape index (κ1) is 24.3. The van der Waals surface area contributed by atoms with Crippen LogP contribution in [0.2, 0.25) is 0 Å². The van der Waals surface area contributed by atoms with Gasteiger partial charge >= 0.3 is 11.9 Å². The number of hydrogen-bond donors (Lipinski definition) is 6. The summed E-state index contributed by atoms with van der Waals surface area (Å²) in [5.74, 6) is -4.63. The SMILES string of the molecule is CC(N)C(=O)NC(CCC(=O)O)C(=O)N1CCCC1C(=O)NC(C(=O)O)C(C)O. The summed E-state index contributed by atoms with van der Waals surface area (Å²) in [4.78, 5) is 60.6. The molecule has 0 saturated carbocycles. The van der Waals surface area contributed by atoms with Crippen molar-refractivity contribution in [2.24, 2.45) is 5.73 Å². The summed E-state index contributed by atoms with van der Waals surface area (Å²) >= 11 is 0. The highest BCUT2D eigenvalue weighted by Gasteiger charge is 2.39. The van der Waals surface area contributed by atoms with Crippen LogP contribution in [0.25, 0.3) is 0 Å². The number of hydrogen-bond acceptors (Lipinski definition) is 7. The van der Waals surface area contributed by atoms with Crippen LogP contribution in [0, 0.1) is 0 Å². The fourth-order valence-corrected chi connectivity index (χ4v) is 2.97. The zero-order valence-electron chi connectivity index (χ0n) is 16.3. The second-order valence-electron chi connectivity index (χ2n) is 7.04. The molecule has 1 rings (SSSR count). The van der Waals surface area contributed by atoms with E-state index < -0.39 is 59.9 Å². The molecular weight excluding hydrogens is 388 g/mol. The average molecular weight is 416 g/mol. The molecule has 1 saturated heterocycles. The zero-order chi connectivity index (χ0) is 22.3. The monoisotopic (exact) mass is 416 g/mol.